The molecular weight excluding hydrogens is 244 g/mol. The van der Waals surface area contributed by atoms with Gasteiger partial charge in [0.2, 0.25) is 11.8 Å². The zero-order valence-corrected chi connectivity index (χ0v) is 11.0. The van der Waals surface area contributed by atoms with Crippen LogP contribution in [0.3, 0.4) is 0 Å². The first-order chi connectivity index (χ1) is 9.25. The molecule has 0 spiro atoms. The fraction of sp³-hybridized carbons (Fsp3) is 0.615. The van der Waals surface area contributed by atoms with Gasteiger partial charge in [-0.1, -0.05) is 6.42 Å². The molecule has 0 bridgehead atoms. The van der Waals surface area contributed by atoms with Gasteiger partial charge < -0.3 is 15.2 Å². The van der Waals surface area contributed by atoms with Crippen LogP contribution in [-0.4, -0.2) is 39.8 Å². The molecule has 0 aliphatic carbocycles. The second-order valence-electron chi connectivity index (χ2n) is 4.75. The van der Waals surface area contributed by atoms with Crippen LogP contribution in [0.5, 0.6) is 0 Å². The topological polar surface area (TPSA) is 78.1 Å². The zero-order valence-electron chi connectivity index (χ0n) is 11.0. The molecule has 1 fully saturated rings. The number of amides is 2. The van der Waals surface area contributed by atoms with E-state index in [1.165, 1.54) is 0 Å². The Labute approximate surface area is 112 Å². The molecule has 1 aliphatic rings. The molecule has 0 radical (unpaired) electrons. The number of likely N-dealkylation sites (tertiary alicyclic amines) is 1. The summed E-state index contributed by atoms with van der Waals surface area (Å²) >= 11 is 0. The highest BCUT2D eigenvalue weighted by Gasteiger charge is 2.17. The number of rotatable bonds is 5. The first-order valence-corrected chi connectivity index (χ1v) is 6.78. The molecule has 1 saturated heterocycles. The highest BCUT2D eigenvalue weighted by atomic mass is 16.2. The minimum atomic E-state index is -0.0477. The van der Waals surface area contributed by atoms with Crippen LogP contribution < -0.4 is 5.32 Å². The van der Waals surface area contributed by atoms with Crippen molar-refractivity contribution in [3.63, 3.8) is 0 Å². The summed E-state index contributed by atoms with van der Waals surface area (Å²) in [6.07, 6.45) is 7.46. The molecule has 6 heteroatoms. The van der Waals surface area contributed by atoms with E-state index in [1.54, 1.807) is 17.3 Å². The minimum absolute atomic E-state index is 0.0477. The van der Waals surface area contributed by atoms with Crippen molar-refractivity contribution < 1.29 is 9.59 Å². The summed E-state index contributed by atoms with van der Waals surface area (Å²) in [6, 6.07) is 0. The predicted molar refractivity (Wildman–Crippen MR) is 70.1 cm³/mol. The van der Waals surface area contributed by atoms with Crippen molar-refractivity contribution in [2.75, 3.05) is 13.1 Å². The predicted octanol–water partition coefficient (Wildman–Crippen LogP) is 0.819. The molecule has 0 aromatic carbocycles. The molecule has 6 nitrogen and oxygen atoms in total. The number of H-pyrrole nitrogens is 1. The van der Waals surface area contributed by atoms with Gasteiger partial charge in [0.05, 0.1) is 6.54 Å². The third-order valence-corrected chi connectivity index (χ3v) is 3.29. The molecule has 19 heavy (non-hydrogen) atoms. The molecule has 104 valence electrons. The van der Waals surface area contributed by atoms with Gasteiger partial charge in [-0.2, -0.15) is 0 Å². The summed E-state index contributed by atoms with van der Waals surface area (Å²) in [5.41, 5.74) is 0. The van der Waals surface area contributed by atoms with Crippen LogP contribution in [0.15, 0.2) is 12.4 Å². The zero-order chi connectivity index (χ0) is 13.5. The second kappa shape index (κ2) is 6.92. The fourth-order valence-corrected chi connectivity index (χ4v) is 2.18. The molecule has 0 saturated carbocycles. The Balaban J connectivity index is 1.69. The largest absolute Gasteiger partial charge is 0.349 e. The molecule has 1 aromatic rings. The number of nitrogens with zero attached hydrogens (tertiary/aromatic N) is 2. The van der Waals surface area contributed by atoms with Crippen molar-refractivity contribution >= 4 is 11.8 Å². The standard InChI is InChI=1S/C13H20N4O2/c18-12(16-10-11-14-6-7-15-11)5-9-17-8-3-1-2-4-13(17)19/h6-7H,1-5,8-10H2,(H,14,15)(H,16,18). The lowest BCUT2D eigenvalue weighted by Crippen LogP contribution is -2.34. The molecule has 2 rings (SSSR count). The number of carbonyl (C=O) groups is 2. The van der Waals surface area contributed by atoms with E-state index in [-0.39, 0.29) is 11.8 Å². The van der Waals surface area contributed by atoms with Crippen LogP contribution in [0.1, 0.15) is 37.9 Å². The van der Waals surface area contributed by atoms with Crippen LogP contribution >= 0.6 is 0 Å². The van der Waals surface area contributed by atoms with Gasteiger partial charge in [-0.05, 0) is 12.8 Å². The summed E-state index contributed by atoms with van der Waals surface area (Å²) in [7, 11) is 0. The Kier molecular flexibility index (Phi) is 4.94. The lowest BCUT2D eigenvalue weighted by atomic mass is 10.2. The van der Waals surface area contributed by atoms with Crippen LogP contribution in [0.25, 0.3) is 0 Å². The van der Waals surface area contributed by atoms with Crippen LogP contribution in [-0.2, 0) is 16.1 Å². The van der Waals surface area contributed by atoms with Crippen molar-refractivity contribution in [1.29, 1.82) is 0 Å². The summed E-state index contributed by atoms with van der Waals surface area (Å²) in [6.45, 7) is 1.70. The van der Waals surface area contributed by atoms with E-state index < -0.39 is 0 Å². The Morgan fingerprint density at radius 3 is 3.11 bits per heavy atom. The number of aromatic nitrogens is 2. The number of hydrogen-bond acceptors (Lipinski definition) is 3. The van der Waals surface area contributed by atoms with Gasteiger partial charge in [0.15, 0.2) is 0 Å². The van der Waals surface area contributed by atoms with Crippen molar-refractivity contribution in [3.05, 3.63) is 18.2 Å². The number of carbonyl (C=O) groups excluding carboxylic acids is 2. The smallest absolute Gasteiger partial charge is 0.222 e. The van der Waals surface area contributed by atoms with Crippen molar-refractivity contribution in [3.8, 4) is 0 Å². The van der Waals surface area contributed by atoms with E-state index in [0.717, 1.165) is 31.6 Å². The van der Waals surface area contributed by atoms with Gasteiger partial charge >= 0.3 is 0 Å². The first kappa shape index (κ1) is 13.6. The molecule has 1 aromatic heterocycles. The summed E-state index contributed by atoms with van der Waals surface area (Å²) < 4.78 is 0. The molecule has 2 N–H and O–H groups in total. The van der Waals surface area contributed by atoms with Gasteiger partial charge in [-0.15, -0.1) is 0 Å². The Morgan fingerprint density at radius 1 is 1.42 bits per heavy atom. The fourth-order valence-electron chi connectivity index (χ4n) is 2.18. The average Bonchev–Trinajstić information content (AvgIpc) is 2.84. The van der Waals surface area contributed by atoms with Gasteiger partial charge in [-0.25, -0.2) is 4.98 Å². The van der Waals surface area contributed by atoms with Gasteiger partial charge in [0.25, 0.3) is 0 Å². The first-order valence-electron chi connectivity index (χ1n) is 6.78. The SMILES string of the molecule is O=C(CCN1CCCCCC1=O)NCc1ncc[nH]1. The number of nitrogens with one attached hydrogen (secondary N) is 2. The maximum atomic E-state index is 11.8. The molecule has 1 aliphatic heterocycles. The summed E-state index contributed by atoms with van der Waals surface area (Å²) in [5.74, 6) is 0.865. The lowest BCUT2D eigenvalue weighted by molar-refractivity contribution is -0.131. The highest BCUT2D eigenvalue weighted by Crippen LogP contribution is 2.11. The molecule has 0 atom stereocenters. The molecule has 0 unspecified atom stereocenters. The van der Waals surface area contributed by atoms with Crippen molar-refractivity contribution in [1.82, 2.24) is 20.2 Å². The lowest BCUT2D eigenvalue weighted by Gasteiger charge is -2.19. The number of aromatic amines is 1. The van der Waals surface area contributed by atoms with Gasteiger partial charge in [0, 0.05) is 38.3 Å². The van der Waals surface area contributed by atoms with E-state index >= 15 is 0 Å². The van der Waals surface area contributed by atoms with E-state index in [1.807, 2.05) is 0 Å². The van der Waals surface area contributed by atoms with E-state index in [0.29, 0.717) is 25.9 Å². The molecule has 2 amide bonds. The highest BCUT2D eigenvalue weighted by molar-refractivity contribution is 5.79. The number of imidazole rings is 1. The van der Waals surface area contributed by atoms with Gasteiger partial charge in [0.1, 0.15) is 5.82 Å². The maximum Gasteiger partial charge on any atom is 0.222 e. The summed E-state index contributed by atoms with van der Waals surface area (Å²) in [5, 5.41) is 2.78. The average molecular weight is 264 g/mol. The second-order valence-corrected chi connectivity index (χ2v) is 4.75. The third kappa shape index (κ3) is 4.39. The quantitative estimate of drug-likeness (QED) is 0.826. The third-order valence-electron chi connectivity index (χ3n) is 3.29. The van der Waals surface area contributed by atoms with Crippen molar-refractivity contribution in [2.45, 2.75) is 38.6 Å². The number of hydrogen-bond donors (Lipinski definition) is 2. The Morgan fingerprint density at radius 2 is 2.32 bits per heavy atom. The Bertz CT molecular complexity index is 416. The van der Waals surface area contributed by atoms with E-state index in [2.05, 4.69) is 15.3 Å². The minimum Gasteiger partial charge on any atom is -0.349 e. The van der Waals surface area contributed by atoms with Crippen LogP contribution in [0.2, 0.25) is 0 Å². The summed E-state index contributed by atoms with van der Waals surface area (Å²) in [4.78, 5) is 32.2. The van der Waals surface area contributed by atoms with E-state index in [4.69, 9.17) is 0 Å². The van der Waals surface area contributed by atoms with E-state index in [9.17, 15) is 9.59 Å². The maximum absolute atomic E-state index is 11.8. The Hall–Kier alpha value is -1.85. The monoisotopic (exact) mass is 264 g/mol. The molecule has 2 heterocycles. The van der Waals surface area contributed by atoms with Crippen LogP contribution in [0, 0.1) is 0 Å². The normalized spacial score (nSPS) is 16.2. The molecular formula is C13H20N4O2. The van der Waals surface area contributed by atoms with Crippen LogP contribution in [0.4, 0.5) is 0 Å². The van der Waals surface area contributed by atoms with Crippen molar-refractivity contribution in [2.24, 2.45) is 0 Å². The van der Waals surface area contributed by atoms with Gasteiger partial charge in [-0.3, -0.25) is 9.59 Å².